The van der Waals surface area contributed by atoms with Crippen molar-refractivity contribution < 1.29 is 13.2 Å². The fourth-order valence-electron chi connectivity index (χ4n) is 1.56. The van der Waals surface area contributed by atoms with Crippen LogP contribution in [0.5, 0.6) is 0 Å². The summed E-state index contributed by atoms with van der Waals surface area (Å²) in [6, 6.07) is 4.30. The van der Waals surface area contributed by atoms with Crippen LogP contribution in [-0.2, 0) is 10.0 Å². The third kappa shape index (κ3) is 2.41. The highest BCUT2D eigenvalue weighted by atomic mass is 32.2. The van der Waals surface area contributed by atoms with E-state index in [2.05, 4.69) is 5.10 Å². The quantitative estimate of drug-likeness (QED) is 0.630. The van der Waals surface area contributed by atoms with Crippen LogP contribution in [0, 0.1) is 0 Å². The minimum atomic E-state index is -3.93. The Morgan fingerprint density at radius 3 is 2.53 bits per heavy atom. The van der Waals surface area contributed by atoms with Gasteiger partial charge in [-0.25, -0.2) is 18.2 Å². The molecule has 2 aromatic rings. The van der Waals surface area contributed by atoms with Gasteiger partial charge in [-0.1, -0.05) is 6.07 Å². The van der Waals surface area contributed by atoms with Crippen molar-refractivity contribution in [3.05, 3.63) is 36.2 Å². The molecule has 1 amide bonds. The van der Waals surface area contributed by atoms with Gasteiger partial charge in [-0.05, 0) is 12.1 Å². The predicted octanol–water partition coefficient (Wildman–Crippen LogP) is -0.799. The number of amides is 1. The summed E-state index contributed by atoms with van der Waals surface area (Å²) in [5.74, 6) is -0.646. The van der Waals surface area contributed by atoms with Gasteiger partial charge < -0.3 is 11.5 Å². The number of sulfonamides is 1. The lowest BCUT2D eigenvalue weighted by Crippen LogP contribution is -2.15. The van der Waals surface area contributed by atoms with Gasteiger partial charge in [0.15, 0.2) is 0 Å². The van der Waals surface area contributed by atoms with Crippen LogP contribution >= 0.6 is 0 Å². The lowest BCUT2D eigenvalue weighted by atomic mass is 10.2. The monoisotopic (exact) mass is 281 g/mol. The van der Waals surface area contributed by atoms with E-state index >= 15 is 0 Å². The van der Waals surface area contributed by atoms with Crippen molar-refractivity contribution >= 4 is 21.6 Å². The third-order valence-corrected chi connectivity index (χ3v) is 3.43. The van der Waals surface area contributed by atoms with E-state index in [4.69, 9.17) is 16.6 Å². The second kappa shape index (κ2) is 4.37. The Labute approximate surface area is 108 Å². The maximum absolute atomic E-state index is 11.3. The second-order valence-corrected chi connectivity index (χ2v) is 5.30. The highest BCUT2D eigenvalue weighted by Gasteiger charge is 2.16. The Balaban J connectivity index is 2.60. The molecule has 8 nitrogen and oxygen atoms in total. The molecule has 0 saturated heterocycles. The van der Waals surface area contributed by atoms with Crippen molar-refractivity contribution in [1.82, 2.24) is 9.78 Å². The number of primary sulfonamides is 1. The summed E-state index contributed by atoms with van der Waals surface area (Å²) < 4.78 is 23.9. The molecule has 6 N–H and O–H groups in total. The number of rotatable bonds is 3. The van der Waals surface area contributed by atoms with Crippen molar-refractivity contribution in [1.29, 1.82) is 0 Å². The molecule has 0 atom stereocenters. The largest absolute Gasteiger partial charge is 0.396 e. The Morgan fingerprint density at radius 2 is 2.00 bits per heavy atom. The summed E-state index contributed by atoms with van der Waals surface area (Å²) in [6.45, 7) is 0. The molecule has 1 heterocycles. The predicted molar refractivity (Wildman–Crippen MR) is 67.9 cm³/mol. The first-order chi connectivity index (χ1) is 8.80. The number of benzene rings is 1. The average Bonchev–Trinajstić information content (AvgIpc) is 2.77. The number of hydrogen-bond donors (Lipinski definition) is 3. The van der Waals surface area contributed by atoms with Gasteiger partial charge in [-0.15, -0.1) is 0 Å². The maximum atomic E-state index is 11.3. The summed E-state index contributed by atoms with van der Waals surface area (Å²) in [6.07, 6.45) is 2.60. The average molecular weight is 281 g/mol. The SMILES string of the molecule is NC(=O)c1cnn(-c2cccc(S(N)(=O)=O)c2N)c1. The van der Waals surface area contributed by atoms with Gasteiger partial charge in [0.2, 0.25) is 10.0 Å². The van der Waals surface area contributed by atoms with Crippen LogP contribution in [0.4, 0.5) is 5.69 Å². The number of anilines is 1. The molecule has 0 radical (unpaired) electrons. The maximum Gasteiger partial charge on any atom is 0.251 e. The van der Waals surface area contributed by atoms with Gasteiger partial charge in [0.1, 0.15) is 4.90 Å². The van der Waals surface area contributed by atoms with Crippen LogP contribution in [-0.4, -0.2) is 24.1 Å². The van der Waals surface area contributed by atoms with E-state index in [-0.39, 0.29) is 16.1 Å². The van der Waals surface area contributed by atoms with Gasteiger partial charge in [0.05, 0.1) is 23.1 Å². The highest BCUT2D eigenvalue weighted by molar-refractivity contribution is 7.89. The number of carbonyl (C=O) groups is 1. The summed E-state index contributed by atoms with van der Waals surface area (Å²) in [5, 5.41) is 8.94. The molecule has 100 valence electrons. The van der Waals surface area contributed by atoms with Crippen molar-refractivity contribution in [3.63, 3.8) is 0 Å². The summed E-state index contributed by atoms with van der Waals surface area (Å²) in [5.41, 5.74) is 11.3. The third-order valence-electron chi connectivity index (χ3n) is 2.46. The molecule has 0 bridgehead atoms. The van der Waals surface area contributed by atoms with Gasteiger partial charge in [0.25, 0.3) is 5.91 Å². The van der Waals surface area contributed by atoms with E-state index in [1.807, 2.05) is 0 Å². The molecule has 1 aromatic heterocycles. The molecule has 2 rings (SSSR count). The smallest absolute Gasteiger partial charge is 0.251 e. The zero-order valence-electron chi connectivity index (χ0n) is 9.65. The van der Waals surface area contributed by atoms with Gasteiger partial charge in [0, 0.05) is 6.20 Å². The molecule has 1 aromatic carbocycles. The molecule has 0 saturated carbocycles. The number of nitrogens with two attached hydrogens (primary N) is 3. The minimum Gasteiger partial charge on any atom is -0.396 e. The highest BCUT2D eigenvalue weighted by Crippen LogP contribution is 2.24. The summed E-state index contributed by atoms with van der Waals surface area (Å²) in [7, 11) is -3.93. The number of para-hydroxylation sites is 1. The van der Waals surface area contributed by atoms with E-state index < -0.39 is 15.9 Å². The molecule has 0 fully saturated rings. The normalized spacial score (nSPS) is 11.4. The molecule has 0 spiro atoms. The molecule has 19 heavy (non-hydrogen) atoms. The summed E-state index contributed by atoms with van der Waals surface area (Å²) >= 11 is 0. The lowest BCUT2D eigenvalue weighted by Gasteiger charge is -2.09. The van der Waals surface area contributed by atoms with Crippen molar-refractivity contribution in [3.8, 4) is 5.69 Å². The number of hydrogen-bond acceptors (Lipinski definition) is 5. The van der Waals surface area contributed by atoms with E-state index in [1.54, 1.807) is 6.07 Å². The van der Waals surface area contributed by atoms with Gasteiger partial charge >= 0.3 is 0 Å². The minimum absolute atomic E-state index is 0.0517. The van der Waals surface area contributed by atoms with Gasteiger partial charge in [-0.2, -0.15) is 5.10 Å². The topological polar surface area (TPSA) is 147 Å². The molecule has 9 heteroatoms. The van der Waals surface area contributed by atoms with Crippen LogP contribution in [0.15, 0.2) is 35.5 Å². The zero-order valence-corrected chi connectivity index (χ0v) is 10.5. The first-order valence-corrected chi connectivity index (χ1v) is 6.61. The zero-order chi connectivity index (χ0) is 14.2. The van der Waals surface area contributed by atoms with E-state index in [9.17, 15) is 13.2 Å². The Morgan fingerprint density at radius 1 is 1.32 bits per heavy atom. The van der Waals surface area contributed by atoms with Crippen molar-refractivity contribution in [2.75, 3.05) is 5.73 Å². The Kier molecular flexibility index (Phi) is 3.00. The first-order valence-electron chi connectivity index (χ1n) is 5.07. The number of primary amides is 1. The second-order valence-electron chi connectivity index (χ2n) is 3.77. The lowest BCUT2D eigenvalue weighted by molar-refractivity contribution is 0.100. The van der Waals surface area contributed by atoms with E-state index in [0.29, 0.717) is 5.69 Å². The molecule has 0 aliphatic heterocycles. The molecule has 0 aliphatic carbocycles. The van der Waals surface area contributed by atoms with Crippen LogP contribution in [0.1, 0.15) is 10.4 Å². The van der Waals surface area contributed by atoms with Crippen LogP contribution in [0.25, 0.3) is 5.69 Å². The fraction of sp³-hybridized carbons (Fsp3) is 0. The van der Waals surface area contributed by atoms with Crippen LogP contribution < -0.4 is 16.6 Å². The first kappa shape index (κ1) is 13.1. The van der Waals surface area contributed by atoms with E-state index in [0.717, 1.165) is 0 Å². The van der Waals surface area contributed by atoms with Crippen LogP contribution in [0.2, 0.25) is 0 Å². The fourth-order valence-corrected chi connectivity index (χ4v) is 2.24. The Bertz CT molecular complexity index is 750. The van der Waals surface area contributed by atoms with Gasteiger partial charge in [-0.3, -0.25) is 4.79 Å². The number of nitrogen functional groups attached to an aromatic ring is 1. The van der Waals surface area contributed by atoms with Crippen molar-refractivity contribution in [2.45, 2.75) is 4.90 Å². The number of nitrogens with zero attached hydrogens (tertiary/aromatic N) is 2. The molecule has 0 unspecified atom stereocenters. The Hall–Kier alpha value is -2.39. The molecular weight excluding hydrogens is 270 g/mol. The number of carbonyl (C=O) groups excluding carboxylic acids is 1. The summed E-state index contributed by atoms with van der Waals surface area (Å²) in [4.78, 5) is 10.8. The standard InChI is InChI=1S/C10H11N5O3S/c11-9-7(2-1-3-8(9)19(13,17)18)15-5-6(4-14-15)10(12)16/h1-5H,11H2,(H2,12,16)(H2,13,17,18). The molecule has 0 aliphatic rings. The molecular formula is C10H11N5O3S. The van der Waals surface area contributed by atoms with E-state index in [1.165, 1.54) is 29.2 Å². The number of aromatic nitrogens is 2. The van der Waals surface area contributed by atoms with Crippen LogP contribution in [0.3, 0.4) is 0 Å². The van der Waals surface area contributed by atoms with Crippen molar-refractivity contribution in [2.24, 2.45) is 10.9 Å².